The molecule has 0 aromatic rings. The Labute approximate surface area is 182 Å². The number of carbonyl (C=O) groups is 4. The third-order valence-corrected chi connectivity index (χ3v) is 4.63. The molecule has 0 aliphatic heterocycles. The van der Waals surface area contributed by atoms with Crippen LogP contribution in [0.1, 0.15) is 84.0 Å². The molecule has 2 unspecified atom stereocenters. The van der Waals surface area contributed by atoms with E-state index in [-0.39, 0.29) is 6.42 Å². The smallest absolute Gasteiger partial charge is 0.336 e. The van der Waals surface area contributed by atoms with Crippen molar-refractivity contribution in [3.63, 3.8) is 0 Å². The maximum absolute atomic E-state index is 11.8. The molecule has 0 amide bonds. The average Bonchev–Trinajstić information content (AvgIpc) is 2.70. The number of aliphatic hydroxyl groups excluding tert-OH is 2. The quantitative estimate of drug-likeness (QED) is 0.137. The lowest BCUT2D eigenvalue weighted by molar-refractivity contribution is -0.176. The van der Waals surface area contributed by atoms with Crippen LogP contribution in [0, 0.1) is 0 Å². The number of rotatable bonds is 18. The van der Waals surface area contributed by atoms with Crippen LogP contribution in [0.3, 0.4) is 0 Å². The number of carboxylic acids is 1. The van der Waals surface area contributed by atoms with E-state index in [0.717, 1.165) is 25.7 Å². The van der Waals surface area contributed by atoms with E-state index in [4.69, 9.17) is 15.3 Å². The predicted octanol–water partition coefficient (Wildman–Crippen LogP) is 1.47. The molecule has 0 saturated carbocycles. The molecule has 0 spiro atoms. The molecule has 0 bridgehead atoms. The Kier molecular flexibility index (Phi) is 15.5. The van der Waals surface area contributed by atoms with Gasteiger partial charge in [0.15, 0.2) is 5.60 Å². The predicted molar refractivity (Wildman–Crippen MR) is 109 cm³/mol. The van der Waals surface area contributed by atoms with Crippen LogP contribution >= 0.6 is 0 Å². The van der Waals surface area contributed by atoms with E-state index in [2.05, 4.69) is 16.4 Å². The van der Waals surface area contributed by atoms with Crippen LogP contribution in [0.25, 0.3) is 0 Å². The monoisotopic (exact) mass is 448 g/mol. The minimum atomic E-state index is -2.82. The fourth-order valence-corrected chi connectivity index (χ4v) is 2.78. The average molecular weight is 449 g/mol. The molecule has 0 saturated heterocycles. The van der Waals surface area contributed by atoms with Gasteiger partial charge in [-0.2, -0.15) is 0 Å². The molecule has 180 valence electrons. The summed E-state index contributed by atoms with van der Waals surface area (Å²) in [4.78, 5) is 46.5. The summed E-state index contributed by atoms with van der Waals surface area (Å²) in [6, 6.07) is 0. The second kappa shape index (κ2) is 16.6. The number of carbonyl (C=O) groups excluding carboxylic acids is 3. The standard InChI is InChI=1S/C21H36O10/c1-2-3-4-5-6-7-8-9-10-11-17(24)31-19(26)13-21(29,20(27)28)12-18(25)30-15-16(23)14-22/h16,22-23,29H,2-15H2,1H3,(H,27,28). The highest BCUT2D eigenvalue weighted by atomic mass is 16.6. The lowest BCUT2D eigenvalue weighted by atomic mass is 9.96. The van der Waals surface area contributed by atoms with Crippen LogP contribution in [0.15, 0.2) is 0 Å². The first-order valence-corrected chi connectivity index (χ1v) is 10.8. The molecule has 10 nitrogen and oxygen atoms in total. The summed E-state index contributed by atoms with van der Waals surface area (Å²) in [5.74, 6) is -5.16. The Hall–Kier alpha value is -2.04. The van der Waals surface area contributed by atoms with Crippen LogP contribution in [0.5, 0.6) is 0 Å². The summed E-state index contributed by atoms with van der Waals surface area (Å²) in [5.41, 5.74) is -2.82. The van der Waals surface area contributed by atoms with Crippen molar-refractivity contribution in [2.75, 3.05) is 13.2 Å². The van der Waals surface area contributed by atoms with Gasteiger partial charge in [0.05, 0.1) is 19.4 Å². The zero-order chi connectivity index (χ0) is 23.7. The van der Waals surface area contributed by atoms with E-state index < -0.39 is 61.6 Å². The van der Waals surface area contributed by atoms with Crippen molar-refractivity contribution in [3.05, 3.63) is 0 Å². The van der Waals surface area contributed by atoms with Gasteiger partial charge in [-0.05, 0) is 6.42 Å². The molecule has 0 heterocycles. The van der Waals surface area contributed by atoms with Crippen LogP contribution in [0.2, 0.25) is 0 Å². The van der Waals surface area contributed by atoms with Gasteiger partial charge in [-0.1, -0.05) is 58.3 Å². The Morgan fingerprint density at radius 3 is 1.87 bits per heavy atom. The summed E-state index contributed by atoms with van der Waals surface area (Å²) in [7, 11) is 0. The van der Waals surface area contributed by atoms with Gasteiger partial charge < -0.3 is 29.9 Å². The molecule has 0 radical (unpaired) electrons. The highest BCUT2D eigenvalue weighted by molar-refractivity contribution is 5.92. The van der Waals surface area contributed by atoms with Gasteiger partial charge in [0, 0.05) is 6.42 Å². The number of hydrogen-bond acceptors (Lipinski definition) is 9. The number of carboxylic acid groups (broad SMARTS) is 1. The molecule has 0 aliphatic rings. The van der Waals surface area contributed by atoms with Gasteiger partial charge >= 0.3 is 23.9 Å². The van der Waals surface area contributed by atoms with E-state index in [1.165, 1.54) is 25.7 Å². The molecule has 0 fully saturated rings. The Morgan fingerprint density at radius 2 is 1.35 bits per heavy atom. The van der Waals surface area contributed by atoms with Gasteiger partial charge in [0.25, 0.3) is 0 Å². The minimum absolute atomic E-state index is 0.00579. The van der Waals surface area contributed by atoms with Crippen LogP contribution < -0.4 is 0 Å². The van der Waals surface area contributed by atoms with Crippen molar-refractivity contribution in [2.45, 2.75) is 95.7 Å². The molecule has 0 aromatic carbocycles. The van der Waals surface area contributed by atoms with Crippen molar-refractivity contribution in [2.24, 2.45) is 0 Å². The molecule has 0 aromatic heterocycles. The number of esters is 3. The van der Waals surface area contributed by atoms with E-state index >= 15 is 0 Å². The van der Waals surface area contributed by atoms with Crippen molar-refractivity contribution in [1.82, 2.24) is 0 Å². The van der Waals surface area contributed by atoms with E-state index in [0.29, 0.717) is 6.42 Å². The summed E-state index contributed by atoms with van der Waals surface area (Å²) in [5, 5.41) is 37.0. The third kappa shape index (κ3) is 14.6. The lowest BCUT2D eigenvalue weighted by Crippen LogP contribution is -2.44. The number of ether oxygens (including phenoxy) is 2. The molecule has 2 atom stereocenters. The van der Waals surface area contributed by atoms with Gasteiger partial charge in [-0.15, -0.1) is 0 Å². The van der Waals surface area contributed by atoms with Crippen molar-refractivity contribution in [1.29, 1.82) is 0 Å². The topological polar surface area (TPSA) is 168 Å². The molecule has 4 N–H and O–H groups in total. The van der Waals surface area contributed by atoms with Crippen molar-refractivity contribution in [3.8, 4) is 0 Å². The van der Waals surface area contributed by atoms with E-state index in [1.807, 2.05) is 0 Å². The first kappa shape index (κ1) is 29.0. The maximum Gasteiger partial charge on any atom is 0.336 e. The number of aliphatic hydroxyl groups is 3. The summed E-state index contributed by atoms with van der Waals surface area (Å²) in [6.45, 7) is 0.879. The molecule has 31 heavy (non-hydrogen) atoms. The van der Waals surface area contributed by atoms with Crippen LogP contribution in [0.4, 0.5) is 0 Å². The molecule has 0 aliphatic carbocycles. The normalized spacial score (nSPS) is 13.8. The van der Waals surface area contributed by atoms with Gasteiger partial charge in [0.1, 0.15) is 12.7 Å². The highest BCUT2D eigenvalue weighted by Gasteiger charge is 2.42. The summed E-state index contributed by atoms with van der Waals surface area (Å²) < 4.78 is 9.06. The SMILES string of the molecule is CCCCCCCCCCCC(=O)OC(=O)CC(O)(CC(=O)OCC(O)CO)C(=O)O. The minimum Gasteiger partial charge on any atom is -0.479 e. The number of aliphatic carboxylic acids is 1. The molecule has 0 rings (SSSR count). The second-order valence-corrected chi connectivity index (χ2v) is 7.63. The van der Waals surface area contributed by atoms with Gasteiger partial charge in [0.2, 0.25) is 0 Å². The van der Waals surface area contributed by atoms with Gasteiger partial charge in [-0.25, -0.2) is 4.79 Å². The first-order chi connectivity index (χ1) is 14.6. The Balaban J connectivity index is 4.23. The van der Waals surface area contributed by atoms with Crippen molar-refractivity contribution >= 4 is 23.9 Å². The lowest BCUT2D eigenvalue weighted by Gasteiger charge is -2.21. The molecule has 10 heteroatoms. The van der Waals surface area contributed by atoms with Crippen LogP contribution in [-0.4, -0.2) is 69.2 Å². The highest BCUT2D eigenvalue weighted by Crippen LogP contribution is 2.18. The van der Waals surface area contributed by atoms with E-state index in [9.17, 15) is 24.3 Å². The maximum atomic E-state index is 11.8. The zero-order valence-electron chi connectivity index (χ0n) is 18.2. The zero-order valence-corrected chi connectivity index (χ0v) is 18.2. The second-order valence-electron chi connectivity index (χ2n) is 7.63. The first-order valence-electron chi connectivity index (χ1n) is 10.8. The Bertz CT molecular complexity index is 562. The van der Waals surface area contributed by atoms with Gasteiger partial charge in [-0.3, -0.25) is 14.4 Å². The molecular weight excluding hydrogens is 412 g/mol. The summed E-state index contributed by atoms with van der Waals surface area (Å²) in [6.07, 6.45) is 5.83. The van der Waals surface area contributed by atoms with Crippen molar-refractivity contribution < 1.29 is 49.1 Å². The molecular formula is C21H36O10. The van der Waals surface area contributed by atoms with Crippen LogP contribution in [-0.2, 0) is 28.7 Å². The fourth-order valence-electron chi connectivity index (χ4n) is 2.78. The number of hydrogen-bond donors (Lipinski definition) is 4. The Morgan fingerprint density at radius 1 is 0.839 bits per heavy atom. The number of unbranched alkanes of at least 4 members (excludes halogenated alkanes) is 8. The summed E-state index contributed by atoms with van der Waals surface area (Å²) >= 11 is 0. The largest absolute Gasteiger partial charge is 0.479 e. The third-order valence-electron chi connectivity index (χ3n) is 4.63. The van der Waals surface area contributed by atoms with E-state index in [1.54, 1.807) is 0 Å². The fraction of sp³-hybridized carbons (Fsp3) is 0.810.